The first-order valence-electron chi connectivity index (χ1n) is 10.3. The van der Waals surface area contributed by atoms with Crippen molar-refractivity contribution in [3.05, 3.63) is 48.0 Å². The molecule has 1 fully saturated rings. The average Bonchev–Trinajstić information content (AvgIpc) is 3.66. The minimum Gasteiger partial charge on any atom is -0.496 e. The van der Waals surface area contributed by atoms with Gasteiger partial charge in [0.2, 0.25) is 0 Å². The quantitative estimate of drug-likeness (QED) is 0.347. The van der Waals surface area contributed by atoms with Crippen LogP contribution in [-0.4, -0.2) is 52.1 Å². The topological polar surface area (TPSA) is 95.5 Å². The summed E-state index contributed by atoms with van der Waals surface area (Å²) in [7, 11) is 5.91. The number of nitrogens with zero attached hydrogens (tertiary/aromatic N) is 1. The molecule has 1 N–H and O–H groups in total. The Balaban J connectivity index is 1.79. The van der Waals surface area contributed by atoms with Crippen LogP contribution in [0.15, 0.2) is 47.6 Å². The van der Waals surface area contributed by atoms with Crippen molar-refractivity contribution < 1.29 is 28.6 Å². The first-order chi connectivity index (χ1) is 15.5. The second-order valence-corrected chi connectivity index (χ2v) is 7.42. The molecular formula is C24H28N2O6. The van der Waals surface area contributed by atoms with Crippen molar-refractivity contribution in [1.29, 1.82) is 0 Å². The number of rotatable bonds is 10. The Morgan fingerprint density at radius 2 is 1.62 bits per heavy atom. The number of esters is 1. The fourth-order valence-electron chi connectivity index (χ4n) is 3.50. The lowest BCUT2D eigenvalue weighted by atomic mass is 9.99. The molecule has 2 aromatic carbocycles. The van der Waals surface area contributed by atoms with Gasteiger partial charge < -0.3 is 24.4 Å². The summed E-state index contributed by atoms with van der Waals surface area (Å²) in [6, 6.07) is 12.4. The third kappa shape index (κ3) is 5.38. The smallest absolute Gasteiger partial charge is 0.328 e. The molecule has 0 bridgehead atoms. The van der Waals surface area contributed by atoms with Gasteiger partial charge in [-0.1, -0.05) is 35.5 Å². The van der Waals surface area contributed by atoms with Crippen molar-refractivity contribution in [2.24, 2.45) is 11.1 Å². The molecule has 1 saturated carbocycles. The van der Waals surface area contributed by atoms with E-state index < -0.39 is 17.9 Å². The standard InChI is InChI=1S/C24H28N2O6/c1-29-19-6-5-7-20(30-2)21(19)16-10-8-15(9-11-16)14-18(24(28)31-3)25-23(27)22(26-32-4)17-12-13-17/h5-11,17-18H,12-14H2,1-4H3,(H,25,27)/t18-/m0/s1. The minimum atomic E-state index is -0.847. The Hall–Kier alpha value is -3.55. The zero-order valence-electron chi connectivity index (χ0n) is 18.7. The minimum absolute atomic E-state index is 0.0726. The fraction of sp³-hybridized carbons (Fsp3) is 0.375. The van der Waals surface area contributed by atoms with E-state index in [1.807, 2.05) is 42.5 Å². The molecule has 0 aromatic heterocycles. The van der Waals surface area contributed by atoms with Crippen molar-refractivity contribution in [3.8, 4) is 22.6 Å². The molecule has 1 aliphatic rings. The number of oxime groups is 1. The fourth-order valence-corrected chi connectivity index (χ4v) is 3.50. The summed E-state index contributed by atoms with van der Waals surface area (Å²) in [6.07, 6.45) is 2.03. The summed E-state index contributed by atoms with van der Waals surface area (Å²) >= 11 is 0. The van der Waals surface area contributed by atoms with Gasteiger partial charge in [0.25, 0.3) is 5.91 Å². The molecule has 1 aliphatic carbocycles. The van der Waals surface area contributed by atoms with Gasteiger partial charge in [-0.2, -0.15) is 0 Å². The molecule has 1 amide bonds. The second-order valence-electron chi connectivity index (χ2n) is 7.42. The zero-order chi connectivity index (χ0) is 23.1. The molecular weight excluding hydrogens is 412 g/mol. The maximum Gasteiger partial charge on any atom is 0.328 e. The largest absolute Gasteiger partial charge is 0.496 e. The van der Waals surface area contributed by atoms with Crippen LogP contribution in [0.2, 0.25) is 0 Å². The number of nitrogens with one attached hydrogen (secondary N) is 1. The molecule has 0 heterocycles. The number of amides is 1. The van der Waals surface area contributed by atoms with Gasteiger partial charge >= 0.3 is 5.97 Å². The summed E-state index contributed by atoms with van der Waals surface area (Å²) in [6.45, 7) is 0. The van der Waals surface area contributed by atoms with Crippen molar-refractivity contribution in [2.75, 3.05) is 28.4 Å². The Morgan fingerprint density at radius 3 is 2.12 bits per heavy atom. The number of hydrogen-bond acceptors (Lipinski definition) is 7. The summed E-state index contributed by atoms with van der Waals surface area (Å²) in [5, 5.41) is 6.58. The zero-order valence-corrected chi connectivity index (χ0v) is 18.7. The highest BCUT2D eigenvalue weighted by molar-refractivity contribution is 6.40. The number of carbonyl (C=O) groups is 2. The first kappa shape index (κ1) is 23.1. The van der Waals surface area contributed by atoms with Gasteiger partial charge in [-0.15, -0.1) is 0 Å². The van der Waals surface area contributed by atoms with Crippen molar-refractivity contribution in [3.63, 3.8) is 0 Å². The normalized spacial score (nSPS) is 14.3. The molecule has 0 spiro atoms. The van der Waals surface area contributed by atoms with Gasteiger partial charge in [0, 0.05) is 12.3 Å². The van der Waals surface area contributed by atoms with Gasteiger partial charge in [0.05, 0.1) is 26.9 Å². The molecule has 0 saturated heterocycles. The van der Waals surface area contributed by atoms with Crippen LogP contribution in [0.25, 0.3) is 11.1 Å². The lowest BCUT2D eigenvalue weighted by Crippen LogP contribution is -2.46. The van der Waals surface area contributed by atoms with Gasteiger partial charge in [-0.25, -0.2) is 4.79 Å². The summed E-state index contributed by atoms with van der Waals surface area (Å²) < 4.78 is 15.9. The molecule has 0 aliphatic heterocycles. The van der Waals surface area contributed by atoms with Crippen LogP contribution in [0.5, 0.6) is 11.5 Å². The number of hydrogen-bond donors (Lipinski definition) is 1. The van der Waals surface area contributed by atoms with E-state index in [4.69, 9.17) is 19.0 Å². The van der Waals surface area contributed by atoms with E-state index in [1.165, 1.54) is 14.2 Å². The van der Waals surface area contributed by atoms with Crippen LogP contribution in [0, 0.1) is 5.92 Å². The number of ether oxygens (including phenoxy) is 3. The summed E-state index contributed by atoms with van der Waals surface area (Å²) in [5.41, 5.74) is 2.91. The Bertz CT molecular complexity index is 960. The molecule has 3 rings (SSSR count). The molecule has 170 valence electrons. The molecule has 2 aromatic rings. The van der Waals surface area contributed by atoms with E-state index >= 15 is 0 Å². The van der Waals surface area contributed by atoms with Crippen LogP contribution >= 0.6 is 0 Å². The lowest BCUT2D eigenvalue weighted by molar-refractivity contribution is -0.144. The van der Waals surface area contributed by atoms with Crippen molar-refractivity contribution in [1.82, 2.24) is 5.32 Å². The summed E-state index contributed by atoms with van der Waals surface area (Å²) in [4.78, 5) is 29.8. The molecule has 32 heavy (non-hydrogen) atoms. The molecule has 1 atom stereocenters. The van der Waals surface area contributed by atoms with Crippen LogP contribution in [-0.2, 0) is 25.6 Å². The highest BCUT2D eigenvalue weighted by atomic mass is 16.6. The van der Waals surface area contributed by atoms with Gasteiger partial charge in [-0.05, 0) is 36.1 Å². The van der Waals surface area contributed by atoms with Crippen molar-refractivity contribution in [2.45, 2.75) is 25.3 Å². The number of methoxy groups -OCH3 is 3. The maximum absolute atomic E-state index is 12.7. The van der Waals surface area contributed by atoms with Gasteiger partial charge in [-0.3, -0.25) is 4.79 Å². The van der Waals surface area contributed by atoms with Crippen LogP contribution in [0.3, 0.4) is 0 Å². The van der Waals surface area contributed by atoms with E-state index in [0.29, 0.717) is 17.2 Å². The first-order valence-corrected chi connectivity index (χ1v) is 10.3. The SMILES string of the molecule is CON=C(C(=O)N[C@@H](Cc1ccc(-c2c(OC)cccc2OC)cc1)C(=O)OC)C1CC1. The maximum atomic E-state index is 12.7. The predicted molar refractivity (Wildman–Crippen MR) is 120 cm³/mol. The Morgan fingerprint density at radius 1 is 1.00 bits per heavy atom. The predicted octanol–water partition coefficient (Wildman–Crippen LogP) is 2.98. The van der Waals surface area contributed by atoms with Crippen LogP contribution in [0.4, 0.5) is 0 Å². The molecule has 0 radical (unpaired) electrons. The average molecular weight is 440 g/mol. The van der Waals surface area contributed by atoms with Crippen LogP contribution < -0.4 is 14.8 Å². The number of carbonyl (C=O) groups excluding carboxylic acids is 2. The Kier molecular flexibility index (Phi) is 7.70. The van der Waals surface area contributed by atoms with Gasteiger partial charge in [0.15, 0.2) is 0 Å². The van der Waals surface area contributed by atoms with Crippen LogP contribution in [0.1, 0.15) is 18.4 Å². The summed E-state index contributed by atoms with van der Waals surface area (Å²) in [5.74, 6) is 0.522. The lowest BCUT2D eigenvalue weighted by Gasteiger charge is -2.18. The van der Waals surface area contributed by atoms with Crippen molar-refractivity contribution >= 4 is 17.6 Å². The third-order valence-electron chi connectivity index (χ3n) is 5.29. The molecule has 8 nitrogen and oxygen atoms in total. The third-order valence-corrected chi connectivity index (χ3v) is 5.29. The van der Waals surface area contributed by atoms with E-state index in [1.54, 1.807) is 14.2 Å². The van der Waals surface area contributed by atoms with E-state index in [0.717, 1.165) is 29.5 Å². The molecule has 8 heteroatoms. The highest BCUT2D eigenvalue weighted by Gasteiger charge is 2.35. The molecule has 0 unspecified atom stereocenters. The monoisotopic (exact) mass is 440 g/mol. The van der Waals surface area contributed by atoms with Gasteiger partial charge in [0.1, 0.15) is 30.4 Å². The van der Waals surface area contributed by atoms with E-state index in [-0.39, 0.29) is 12.3 Å². The Labute approximate surface area is 187 Å². The van der Waals surface area contributed by atoms with E-state index in [9.17, 15) is 9.59 Å². The highest BCUT2D eigenvalue weighted by Crippen LogP contribution is 2.38. The van der Waals surface area contributed by atoms with E-state index in [2.05, 4.69) is 10.5 Å². The number of benzene rings is 2. The second kappa shape index (κ2) is 10.7.